The topological polar surface area (TPSA) is 58.9 Å². The minimum Gasteiger partial charge on any atom is -0.458 e. The molecule has 0 amide bonds. The molecule has 1 N–H and O–H groups in total. The first-order valence-electron chi connectivity index (χ1n) is 6.39. The number of hydrogen-bond donors (Lipinski definition) is 1. The Bertz CT molecular complexity index is 247. The largest absolute Gasteiger partial charge is 0.458 e. The number of rotatable bonds is 8. The molecule has 0 aliphatic carbocycles. The standard InChI is InChI=1S/C13H25NO3/c1-10(2)8-6-5-7-9-12(14-16)13(15)17-11(3)4/h10-11,16H,5-9H2,1-4H3. The van der Waals surface area contributed by atoms with Crippen LogP contribution in [0.3, 0.4) is 0 Å². The summed E-state index contributed by atoms with van der Waals surface area (Å²) in [7, 11) is 0. The lowest BCUT2D eigenvalue weighted by atomic mass is 10.0. The van der Waals surface area contributed by atoms with E-state index in [1.54, 1.807) is 13.8 Å². The Hall–Kier alpha value is -1.06. The van der Waals surface area contributed by atoms with Gasteiger partial charge >= 0.3 is 5.97 Å². The molecule has 0 fully saturated rings. The van der Waals surface area contributed by atoms with Crippen LogP contribution in [-0.4, -0.2) is 23.0 Å². The second kappa shape index (κ2) is 9.02. The molecule has 4 nitrogen and oxygen atoms in total. The van der Waals surface area contributed by atoms with Gasteiger partial charge in [-0.05, 0) is 26.2 Å². The Balaban J connectivity index is 3.80. The minimum absolute atomic E-state index is 0.128. The third kappa shape index (κ3) is 8.72. The van der Waals surface area contributed by atoms with E-state index < -0.39 is 5.97 Å². The van der Waals surface area contributed by atoms with E-state index in [0.29, 0.717) is 12.3 Å². The van der Waals surface area contributed by atoms with E-state index in [2.05, 4.69) is 19.0 Å². The van der Waals surface area contributed by atoms with Crippen LogP contribution in [0.4, 0.5) is 0 Å². The van der Waals surface area contributed by atoms with Gasteiger partial charge in [0.25, 0.3) is 0 Å². The first kappa shape index (κ1) is 15.9. The molecule has 0 saturated carbocycles. The molecule has 17 heavy (non-hydrogen) atoms. The molecule has 0 atom stereocenters. The summed E-state index contributed by atoms with van der Waals surface area (Å²) in [6.45, 7) is 7.94. The van der Waals surface area contributed by atoms with Gasteiger partial charge in [0.2, 0.25) is 0 Å². The van der Waals surface area contributed by atoms with Crippen molar-refractivity contribution >= 4 is 11.7 Å². The molecule has 0 bridgehead atoms. The summed E-state index contributed by atoms with van der Waals surface area (Å²) in [6, 6.07) is 0. The molecule has 0 aromatic carbocycles. The Labute approximate surface area is 104 Å². The monoisotopic (exact) mass is 243 g/mol. The van der Waals surface area contributed by atoms with Crippen molar-refractivity contribution in [3.8, 4) is 0 Å². The summed E-state index contributed by atoms with van der Waals surface area (Å²) in [5.74, 6) is 0.207. The molecule has 0 radical (unpaired) electrons. The molecular formula is C13H25NO3. The zero-order chi connectivity index (χ0) is 13.3. The molecule has 0 aromatic rings. The van der Waals surface area contributed by atoms with Gasteiger partial charge in [-0.15, -0.1) is 0 Å². The number of carbonyl (C=O) groups excluding carboxylic acids is 1. The number of ether oxygens (including phenoxy) is 1. The van der Waals surface area contributed by atoms with E-state index in [1.807, 2.05) is 0 Å². The number of esters is 1. The van der Waals surface area contributed by atoms with E-state index in [0.717, 1.165) is 19.3 Å². The van der Waals surface area contributed by atoms with Crippen LogP contribution in [0.15, 0.2) is 5.16 Å². The maximum absolute atomic E-state index is 11.4. The summed E-state index contributed by atoms with van der Waals surface area (Å²) in [6.07, 6.45) is 4.56. The molecule has 4 heteroatoms. The molecular weight excluding hydrogens is 218 g/mol. The second-order valence-electron chi connectivity index (χ2n) is 4.99. The van der Waals surface area contributed by atoms with E-state index in [-0.39, 0.29) is 11.8 Å². The van der Waals surface area contributed by atoms with Gasteiger partial charge in [-0.2, -0.15) is 0 Å². The van der Waals surface area contributed by atoms with Crippen LogP contribution in [-0.2, 0) is 9.53 Å². The number of hydrogen-bond acceptors (Lipinski definition) is 4. The minimum atomic E-state index is -0.508. The Morgan fingerprint density at radius 2 is 1.82 bits per heavy atom. The highest BCUT2D eigenvalue weighted by Crippen LogP contribution is 2.10. The predicted molar refractivity (Wildman–Crippen MR) is 68.4 cm³/mol. The van der Waals surface area contributed by atoms with Crippen molar-refractivity contribution < 1.29 is 14.7 Å². The summed E-state index contributed by atoms with van der Waals surface area (Å²) in [5, 5.41) is 11.8. The zero-order valence-electron chi connectivity index (χ0n) is 11.4. The molecule has 0 spiro atoms. The van der Waals surface area contributed by atoms with Gasteiger partial charge in [0.15, 0.2) is 5.71 Å². The SMILES string of the molecule is CC(C)CCCCCC(=NO)C(=O)OC(C)C. The molecule has 0 aliphatic heterocycles. The van der Waals surface area contributed by atoms with Crippen molar-refractivity contribution in [2.75, 3.05) is 0 Å². The Kier molecular flexibility index (Phi) is 8.46. The average molecular weight is 243 g/mol. The maximum Gasteiger partial charge on any atom is 0.356 e. The van der Waals surface area contributed by atoms with Gasteiger partial charge in [0.05, 0.1) is 6.10 Å². The van der Waals surface area contributed by atoms with Crippen LogP contribution in [0.1, 0.15) is 59.8 Å². The number of nitrogens with zero attached hydrogens (tertiary/aromatic N) is 1. The molecule has 0 heterocycles. The molecule has 0 aromatic heterocycles. The molecule has 0 aliphatic rings. The molecule has 100 valence electrons. The summed E-state index contributed by atoms with van der Waals surface area (Å²) < 4.78 is 4.97. The van der Waals surface area contributed by atoms with Crippen LogP contribution < -0.4 is 0 Å². The van der Waals surface area contributed by atoms with E-state index >= 15 is 0 Å². The van der Waals surface area contributed by atoms with Gasteiger partial charge in [-0.1, -0.05) is 38.3 Å². The van der Waals surface area contributed by atoms with Gasteiger partial charge < -0.3 is 9.94 Å². The van der Waals surface area contributed by atoms with Crippen molar-refractivity contribution in [3.63, 3.8) is 0 Å². The van der Waals surface area contributed by atoms with E-state index in [4.69, 9.17) is 9.94 Å². The molecule has 0 saturated heterocycles. The fraction of sp³-hybridized carbons (Fsp3) is 0.846. The van der Waals surface area contributed by atoms with Crippen LogP contribution in [0.2, 0.25) is 0 Å². The lowest BCUT2D eigenvalue weighted by Crippen LogP contribution is -2.21. The van der Waals surface area contributed by atoms with Crippen LogP contribution in [0.5, 0.6) is 0 Å². The van der Waals surface area contributed by atoms with E-state index in [1.165, 1.54) is 6.42 Å². The summed E-state index contributed by atoms with van der Waals surface area (Å²) in [4.78, 5) is 11.4. The molecule has 0 unspecified atom stereocenters. The van der Waals surface area contributed by atoms with Crippen LogP contribution in [0, 0.1) is 5.92 Å². The van der Waals surface area contributed by atoms with Crippen LogP contribution >= 0.6 is 0 Å². The van der Waals surface area contributed by atoms with Gasteiger partial charge in [-0.3, -0.25) is 0 Å². The van der Waals surface area contributed by atoms with Crippen molar-refractivity contribution in [3.05, 3.63) is 0 Å². The lowest BCUT2D eigenvalue weighted by molar-refractivity contribution is -0.139. The van der Waals surface area contributed by atoms with Crippen molar-refractivity contribution in [1.29, 1.82) is 0 Å². The predicted octanol–water partition coefficient (Wildman–Crippen LogP) is 3.37. The fourth-order valence-corrected chi connectivity index (χ4v) is 1.50. The Morgan fingerprint density at radius 3 is 2.29 bits per heavy atom. The average Bonchev–Trinajstić information content (AvgIpc) is 2.21. The second-order valence-corrected chi connectivity index (χ2v) is 4.99. The maximum atomic E-state index is 11.4. The smallest absolute Gasteiger partial charge is 0.356 e. The third-order valence-corrected chi connectivity index (χ3v) is 2.39. The fourth-order valence-electron chi connectivity index (χ4n) is 1.50. The quantitative estimate of drug-likeness (QED) is 0.234. The first-order valence-corrected chi connectivity index (χ1v) is 6.39. The summed E-state index contributed by atoms with van der Waals surface area (Å²) >= 11 is 0. The van der Waals surface area contributed by atoms with E-state index in [9.17, 15) is 4.79 Å². The third-order valence-electron chi connectivity index (χ3n) is 2.39. The first-order chi connectivity index (χ1) is 7.97. The van der Waals surface area contributed by atoms with Gasteiger partial charge in [0.1, 0.15) is 0 Å². The van der Waals surface area contributed by atoms with Crippen LogP contribution in [0.25, 0.3) is 0 Å². The highest BCUT2D eigenvalue weighted by atomic mass is 16.5. The number of carbonyl (C=O) groups is 1. The van der Waals surface area contributed by atoms with Gasteiger partial charge in [0, 0.05) is 6.42 Å². The normalized spacial score (nSPS) is 12.2. The highest BCUT2D eigenvalue weighted by Gasteiger charge is 2.14. The lowest BCUT2D eigenvalue weighted by Gasteiger charge is -2.09. The van der Waals surface area contributed by atoms with Crippen molar-refractivity contribution in [2.24, 2.45) is 11.1 Å². The van der Waals surface area contributed by atoms with Crippen molar-refractivity contribution in [1.82, 2.24) is 0 Å². The van der Waals surface area contributed by atoms with Gasteiger partial charge in [-0.25, -0.2) is 4.79 Å². The highest BCUT2D eigenvalue weighted by molar-refractivity contribution is 6.36. The number of oxime groups is 1. The zero-order valence-corrected chi connectivity index (χ0v) is 11.4. The molecule has 0 rings (SSSR count). The Morgan fingerprint density at radius 1 is 1.18 bits per heavy atom. The number of unbranched alkanes of at least 4 members (excludes halogenated alkanes) is 2. The van der Waals surface area contributed by atoms with Crippen molar-refractivity contribution in [2.45, 2.75) is 65.9 Å². The summed E-state index contributed by atoms with van der Waals surface area (Å²) in [5.41, 5.74) is 0.128.